The highest BCUT2D eigenvalue weighted by Gasteiger charge is 2.30. The number of rotatable bonds is 5. The Morgan fingerprint density at radius 2 is 2.04 bits per heavy atom. The molecular weight excluding hydrogens is 340 g/mol. The van der Waals surface area contributed by atoms with Crippen LogP contribution >= 0.6 is 12.4 Å². The van der Waals surface area contributed by atoms with Gasteiger partial charge in [-0.1, -0.05) is 31.2 Å². The molecule has 1 N–H and O–H groups in total. The number of hydrogen-bond donors (Lipinski definition) is 1. The van der Waals surface area contributed by atoms with Crippen molar-refractivity contribution in [2.24, 2.45) is 0 Å². The van der Waals surface area contributed by atoms with Gasteiger partial charge in [-0.15, -0.1) is 12.4 Å². The Kier molecular flexibility index (Phi) is 7.05. The molecule has 1 atom stereocenters. The Bertz CT molecular complexity index is 684. The Balaban J connectivity index is 0.00000225. The van der Waals surface area contributed by atoms with Gasteiger partial charge in [0.2, 0.25) is 0 Å². The molecule has 1 fully saturated rings. The number of carbonyl (C=O) groups excluding carboxylic acids is 1. The van der Waals surface area contributed by atoms with E-state index < -0.39 is 0 Å². The summed E-state index contributed by atoms with van der Waals surface area (Å²) in [5.41, 5.74) is 2.45. The van der Waals surface area contributed by atoms with E-state index >= 15 is 0 Å². The topological polar surface area (TPSA) is 54.7 Å². The number of methoxy groups -OCH3 is 1. The third-order valence-electron chi connectivity index (χ3n) is 4.44. The molecule has 3 rings (SSSR count). The van der Waals surface area contributed by atoms with Crippen LogP contribution in [0.3, 0.4) is 0 Å². The third-order valence-corrected chi connectivity index (χ3v) is 4.44. The maximum atomic E-state index is 12.9. The molecule has 6 heteroatoms. The molecule has 0 saturated carbocycles. The number of nitrogens with zero attached hydrogens (tertiary/aromatic N) is 1. The quantitative estimate of drug-likeness (QED) is 0.885. The van der Waals surface area contributed by atoms with E-state index in [-0.39, 0.29) is 24.4 Å². The van der Waals surface area contributed by atoms with E-state index in [1.807, 2.05) is 4.90 Å². The Morgan fingerprint density at radius 1 is 1.28 bits per heavy atom. The molecule has 2 heterocycles. The molecule has 136 valence electrons. The number of nitrogens with one attached hydrogen (secondary N) is 1. The highest BCUT2D eigenvalue weighted by Crippen LogP contribution is 2.25. The first-order chi connectivity index (χ1) is 11.7. The normalized spacial score (nSPS) is 17.2. The number of benzene rings is 1. The van der Waals surface area contributed by atoms with Crippen molar-refractivity contribution in [3.05, 3.63) is 59.0 Å². The van der Waals surface area contributed by atoms with Gasteiger partial charge in [0.25, 0.3) is 5.91 Å². The number of ether oxygens (including phenoxy) is 1. The molecule has 1 saturated heterocycles. The molecule has 25 heavy (non-hydrogen) atoms. The van der Waals surface area contributed by atoms with Gasteiger partial charge in [0, 0.05) is 26.7 Å². The second kappa shape index (κ2) is 9.04. The van der Waals surface area contributed by atoms with Crippen LogP contribution in [0.4, 0.5) is 0 Å². The molecule has 1 aromatic heterocycles. The van der Waals surface area contributed by atoms with Crippen LogP contribution in [0.1, 0.15) is 40.4 Å². The van der Waals surface area contributed by atoms with Crippen LogP contribution in [-0.2, 0) is 17.8 Å². The van der Waals surface area contributed by atoms with Crippen LogP contribution in [-0.4, -0.2) is 37.6 Å². The van der Waals surface area contributed by atoms with Crippen molar-refractivity contribution in [2.75, 3.05) is 26.7 Å². The fourth-order valence-corrected chi connectivity index (χ4v) is 3.07. The van der Waals surface area contributed by atoms with Crippen LogP contribution in [0, 0.1) is 0 Å². The number of halogens is 1. The lowest BCUT2D eigenvalue weighted by Crippen LogP contribution is -2.48. The SMILES string of the molecule is CCc1ccc(C2CNCCN2C(=O)c2ccc(COC)o2)cc1.Cl. The molecule has 1 aromatic carbocycles. The average Bonchev–Trinajstić information content (AvgIpc) is 3.10. The van der Waals surface area contributed by atoms with Crippen molar-refractivity contribution < 1.29 is 13.9 Å². The van der Waals surface area contributed by atoms with Gasteiger partial charge in [-0.25, -0.2) is 0 Å². The second-order valence-corrected chi connectivity index (χ2v) is 6.01. The van der Waals surface area contributed by atoms with E-state index in [2.05, 4.69) is 36.5 Å². The molecule has 1 unspecified atom stereocenters. The summed E-state index contributed by atoms with van der Waals surface area (Å²) in [7, 11) is 1.61. The molecule has 2 aromatic rings. The Labute approximate surface area is 154 Å². The summed E-state index contributed by atoms with van der Waals surface area (Å²) >= 11 is 0. The smallest absolute Gasteiger partial charge is 0.290 e. The van der Waals surface area contributed by atoms with Gasteiger partial charge in [-0.3, -0.25) is 4.79 Å². The van der Waals surface area contributed by atoms with E-state index in [0.717, 1.165) is 25.1 Å². The van der Waals surface area contributed by atoms with Crippen LogP contribution in [0.25, 0.3) is 0 Å². The van der Waals surface area contributed by atoms with E-state index in [1.165, 1.54) is 5.56 Å². The highest BCUT2D eigenvalue weighted by molar-refractivity contribution is 5.92. The molecule has 5 nitrogen and oxygen atoms in total. The Hall–Kier alpha value is -1.82. The van der Waals surface area contributed by atoms with E-state index in [0.29, 0.717) is 24.7 Å². The van der Waals surface area contributed by atoms with Crippen LogP contribution in [0.15, 0.2) is 40.8 Å². The molecule has 0 aliphatic carbocycles. The summed E-state index contributed by atoms with van der Waals surface area (Å²) in [6.45, 7) is 4.72. The van der Waals surface area contributed by atoms with Gasteiger partial charge < -0.3 is 19.4 Å². The maximum absolute atomic E-state index is 12.9. The number of amides is 1. The van der Waals surface area contributed by atoms with Gasteiger partial charge in [0.1, 0.15) is 12.4 Å². The lowest BCUT2D eigenvalue weighted by atomic mass is 10.0. The Morgan fingerprint density at radius 3 is 2.72 bits per heavy atom. The average molecular weight is 365 g/mol. The zero-order valence-electron chi connectivity index (χ0n) is 14.7. The number of aryl methyl sites for hydroxylation is 1. The summed E-state index contributed by atoms with van der Waals surface area (Å²) in [6, 6.07) is 12.1. The van der Waals surface area contributed by atoms with Gasteiger partial charge in [-0.05, 0) is 29.7 Å². The third kappa shape index (κ3) is 4.42. The first-order valence-corrected chi connectivity index (χ1v) is 8.41. The van der Waals surface area contributed by atoms with Crippen molar-refractivity contribution in [1.29, 1.82) is 0 Å². The van der Waals surface area contributed by atoms with Crippen LogP contribution < -0.4 is 5.32 Å². The van der Waals surface area contributed by atoms with E-state index in [4.69, 9.17) is 9.15 Å². The zero-order chi connectivity index (χ0) is 16.9. The number of furan rings is 1. The summed E-state index contributed by atoms with van der Waals surface area (Å²) in [4.78, 5) is 14.8. The highest BCUT2D eigenvalue weighted by atomic mass is 35.5. The molecule has 1 aliphatic heterocycles. The summed E-state index contributed by atoms with van der Waals surface area (Å²) < 4.78 is 10.7. The fraction of sp³-hybridized carbons (Fsp3) is 0.421. The van der Waals surface area contributed by atoms with Crippen molar-refractivity contribution in [3.63, 3.8) is 0 Å². The lowest BCUT2D eigenvalue weighted by Gasteiger charge is -2.36. The van der Waals surface area contributed by atoms with Crippen molar-refractivity contribution in [2.45, 2.75) is 26.0 Å². The minimum Gasteiger partial charge on any atom is -0.453 e. The molecule has 0 radical (unpaired) electrons. The number of carbonyl (C=O) groups is 1. The predicted molar refractivity (Wildman–Crippen MR) is 99.1 cm³/mol. The minimum atomic E-state index is -0.0663. The zero-order valence-corrected chi connectivity index (χ0v) is 15.5. The van der Waals surface area contributed by atoms with Crippen molar-refractivity contribution in [3.8, 4) is 0 Å². The van der Waals surface area contributed by atoms with Crippen molar-refractivity contribution in [1.82, 2.24) is 10.2 Å². The van der Waals surface area contributed by atoms with Crippen LogP contribution in [0.5, 0.6) is 0 Å². The van der Waals surface area contributed by atoms with Gasteiger partial charge in [-0.2, -0.15) is 0 Å². The lowest BCUT2D eigenvalue weighted by molar-refractivity contribution is 0.0595. The predicted octanol–water partition coefficient (Wildman–Crippen LogP) is 3.20. The van der Waals surface area contributed by atoms with Gasteiger partial charge in [0.05, 0.1) is 6.04 Å². The number of hydrogen-bond acceptors (Lipinski definition) is 4. The number of piperazine rings is 1. The molecule has 1 amide bonds. The maximum Gasteiger partial charge on any atom is 0.290 e. The first kappa shape index (κ1) is 19.5. The second-order valence-electron chi connectivity index (χ2n) is 6.01. The fourth-order valence-electron chi connectivity index (χ4n) is 3.07. The molecular formula is C19H25ClN2O3. The summed E-state index contributed by atoms with van der Waals surface area (Å²) in [5, 5.41) is 3.38. The summed E-state index contributed by atoms with van der Waals surface area (Å²) in [5.74, 6) is 0.974. The van der Waals surface area contributed by atoms with E-state index in [1.54, 1.807) is 19.2 Å². The largest absolute Gasteiger partial charge is 0.453 e. The van der Waals surface area contributed by atoms with Gasteiger partial charge >= 0.3 is 0 Å². The summed E-state index contributed by atoms with van der Waals surface area (Å²) in [6.07, 6.45) is 1.01. The monoisotopic (exact) mass is 364 g/mol. The van der Waals surface area contributed by atoms with Crippen molar-refractivity contribution >= 4 is 18.3 Å². The van der Waals surface area contributed by atoms with Gasteiger partial charge in [0.15, 0.2) is 5.76 Å². The van der Waals surface area contributed by atoms with Crippen LogP contribution in [0.2, 0.25) is 0 Å². The molecule has 0 spiro atoms. The molecule has 1 aliphatic rings. The standard InChI is InChI=1S/C19H24N2O3.ClH/c1-3-14-4-6-15(7-5-14)17-12-20-10-11-21(17)19(22)18-9-8-16(24-18)13-23-2;/h4-9,17,20H,3,10-13H2,1-2H3;1H. The van der Waals surface area contributed by atoms with E-state index in [9.17, 15) is 4.79 Å². The molecule has 0 bridgehead atoms. The minimum absolute atomic E-state index is 0. The first-order valence-electron chi connectivity index (χ1n) is 8.41.